The van der Waals surface area contributed by atoms with Crippen molar-refractivity contribution in [3.05, 3.63) is 0 Å². The van der Waals surface area contributed by atoms with Gasteiger partial charge in [0.2, 0.25) is 11.8 Å². The third-order valence-electron chi connectivity index (χ3n) is 4.50. The first-order valence-electron chi connectivity index (χ1n) is 6.66. The summed E-state index contributed by atoms with van der Waals surface area (Å²) in [6.07, 6.45) is 3.01. The van der Waals surface area contributed by atoms with Crippen LogP contribution in [0.15, 0.2) is 0 Å². The van der Waals surface area contributed by atoms with Gasteiger partial charge in [-0.1, -0.05) is 6.92 Å². The molecule has 1 aliphatic heterocycles. The van der Waals surface area contributed by atoms with Crippen LogP contribution in [0.25, 0.3) is 0 Å². The predicted molar refractivity (Wildman–Crippen MR) is 66.4 cm³/mol. The van der Waals surface area contributed by atoms with Gasteiger partial charge < -0.3 is 15.7 Å². The highest BCUT2D eigenvalue weighted by atomic mass is 16.3. The summed E-state index contributed by atoms with van der Waals surface area (Å²) < 4.78 is 0. The van der Waals surface area contributed by atoms with E-state index in [4.69, 9.17) is 5.73 Å². The summed E-state index contributed by atoms with van der Waals surface area (Å²) in [6, 6.07) is -0.873. The summed E-state index contributed by atoms with van der Waals surface area (Å²) in [4.78, 5) is 25.1. The molecular weight excluding hydrogens is 232 g/mol. The smallest absolute Gasteiger partial charge is 0.242 e. The van der Waals surface area contributed by atoms with Gasteiger partial charge in [0, 0.05) is 6.54 Å². The number of β-lactam (4-membered cyclic amide) rings is 1. The van der Waals surface area contributed by atoms with Gasteiger partial charge in [-0.15, -0.1) is 0 Å². The van der Waals surface area contributed by atoms with Crippen LogP contribution in [-0.2, 0) is 9.59 Å². The van der Waals surface area contributed by atoms with Crippen LogP contribution in [0.4, 0.5) is 0 Å². The lowest BCUT2D eigenvalue weighted by Gasteiger charge is -2.54. The van der Waals surface area contributed by atoms with Crippen molar-refractivity contribution in [3.63, 3.8) is 0 Å². The molecule has 18 heavy (non-hydrogen) atoms. The van der Waals surface area contributed by atoms with Crippen molar-refractivity contribution in [1.82, 2.24) is 4.90 Å². The second-order valence-corrected chi connectivity index (χ2v) is 5.98. The molecule has 102 valence electrons. The van der Waals surface area contributed by atoms with Crippen LogP contribution in [0.1, 0.15) is 39.5 Å². The van der Waals surface area contributed by atoms with Gasteiger partial charge >= 0.3 is 0 Å². The molecule has 5 nitrogen and oxygen atoms in total. The highest BCUT2D eigenvalue weighted by molar-refractivity contribution is 5.94. The van der Waals surface area contributed by atoms with Crippen LogP contribution in [0.3, 0.4) is 0 Å². The average Bonchev–Trinajstić information content (AvgIpc) is 2.30. The van der Waals surface area contributed by atoms with Crippen LogP contribution in [0.2, 0.25) is 0 Å². The predicted octanol–water partition coefficient (Wildman–Crippen LogP) is 0.260. The Bertz CT molecular complexity index is 359. The molecule has 0 aromatic carbocycles. The molecule has 1 heterocycles. The van der Waals surface area contributed by atoms with Crippen molar-refractivity contribution >= 4 is 11.8 Å². The lowest BCUT2D eigenvalue weighted by Crippen LogP contribution is -2.69. The number of rotatable bonds is 3. The maximum absolute atomic E-state index is 12.3. The van der Waals surface area contributed by atoms with E-state index in [1.54, 1.807) is 0 Å². The lowest BCUT2D eigenvalue weighted by molar-refractivity contribution is -0.175. The molecule has 2 fully saturated rings. The summed E-state index contributed by atoms with van der Waals surface area (Å²) in [5, 5.41) is 9.57. The zero-order chi connectivity index (χ0) is 13.5. The van der Waals surface area contributed by atoms with Crippen molar-refractivity contribution in [1.29, 1.82) is 0 Å². The summed E-state index contributed by atoms with van der Waals surface area (Å²) in [7, 11) is 0. The molecule has 0 bridgehead atoms. The standard InChI is InChI=1S/C13H22N2O3/c1-8-3-5-13(6-4-8)7-15(12(13)18)10(9(2)16)11(14)17/h8-10,16H,3-7H2,1-2H3,(H2,14,17)/t8?,9-,10+,13?/m1/s1. The fraction of sp³-hybridized carbons (Fsp3) is 0.846. The molecule has 0 aromatic heterocycles. The molecule has 1 saturated heterocycles. The maximum Gasteiger partial charge on any atom is 0.242 e. The third-order valence-corrected chi connectivity index (χ3v) is 4.50. The minimum Gasteiger partial charge on any atom is -0.391 e. The van der Waals surface area contributed by atoms with Gasteiger partial charge in [-0.2, -0.15) is 0 Å². The number of hydrogen-bond acceptors (Lipinski definition) is 3. The molecule has 2 aliphatic rings. The molecule has 1 aliphatic carbocycles. The third kappa shape index (κ3) is 2.00. The molecule has 1 spiro atoms. The molecule has 0 aromatic rings. The number of nitrogens with zero attached hydrogens (tertiary/aromatic N) is 1. The lowest BCUT2D eigenvalue weighted by atomic mass is 9.65. The van der Waals surface area contributed by atoms with Crippen molar-refractivity contribution in [3.8, 4) is 0 Å². The maximum atomic E-state index is 12.3. The van der Waals surface area contributed by atoms with Gasteiger partial charge in [0.05, 0.1) is 11.5 Å². The first-order chi connectivity index (χ1) is 8.37. The second kappa shape index (κ2) is 4.53. The Hall–Kier alpha value is -1.10. The van der Waals surface area contributed by atoms with Crippen molar-refractivity contribution in [2.75, 3.05) is 6.54 Å². The van der Waals surface area contributed by atoms with E-state index in [9.17, 15) is 14.7 Å². The van der Waals surface area contributed by atoms with E-state index in [2.05, 4.69) is 6.92 Å². The quantitative estimate of drug-likeness (QED) is 0.709. The minimum atomic E-state index is -0.911. The van der Waals surface area contributed by atoms with E-state index in [0.29, 0.717) is 12.5 Å². The summed E-state index contributed by atoms with van der Waals surface area (Å²) in [5.74, 6) is 0.0534. The number of amides is 2. The Labute approximate surface area is 107 Å². The van der Waals surface area contributed by atoms with E-state index < -0.39 is 18.1 Å². The number of hydrogen-bond donors (Lipinski definition) is 2. The molecule has 2 amide bonds. The highest BCUT2D eigenvalue weighted by Gasteiger charge is 2.56. The first kappa shape index (κ1) is 13.3. The first-order valence-corrected chi connectivity index (χ1v) is 6.66. The fourth-order valence-electron chi connectivity index (χ4n) is 3.24. The van der Waals surface area contributed by atoms with Crippen molar-refractivity contribution in [2.45, 2.75) is 51.7 Å². The zero-order valence-electron chi connectivity index (χ0n) is 11.1. The van der Waals surface area contributed by atoms with E-state index in [-0.39, 0.29) is 11.3 Å². The van der Waals surface area contributed by atoms with Crippen molar-refractivity contribution < 1.29 is 14.7 Å². The second-order valence-electron chi connectivity index (χ2n) is 5.98. The number of nitrogens with two attached hydrogens (primary N) is 1. The fourth-order valence-corrected chi connectivity index (χ4v) is 3.24. The van der Waals surface area contributed by atoms with Gasteiger partial charge in [0.1, 0.15) is 6.04 Å². The molecule has 0 radical (unpaired) electrons. The number of carbonyl (C=O) groups excluding carboxylic acids is 2. The Morgan fingerprint density at radius 3 is 2.44 bits per heavy atom. The van der Waals surface area contributed by atoms with Gasteiger partial charge in [0.25, 0.3) is 0 Å². The number of likely N-dealkylation sites (tertiary alicyclic amines) is 1. The number of primary amides is 1. The topological polar surface area (TPSA) is 83.6 Å². The van der Waals surface area contributed by atoms with Crippen LogP contribution < -0.4 is 5.73 Å². The minimum absolute atomic E-state index is 0.000833. The number of aliphatic hydroxyl groups excluding tert-OH is 1. The van der Waals surface area contributed by atoms with Crippen LogP contribution in [0, 0.1) is 11.3 Å². The Balaban J connectivity index is 2.05. The van der Waals surface area contributed by atoms with Crippen LogP contribution in [0.5, 0.6) is 0 Å². The van der Waals surface area contributed by atoms with Crippen molar-refractivity contribution in [2.24, 2.45) is 17.1 Å². The largest absolute Gasteiger partial charge is 0.391 e. The van der Waals surface area contributed by atoms with Gasteiger partial charge in [-0.25, -0.2) is 0 Å². The number of carbonyl (C=O) groups is 2. The highest BCUT2D eigenvalue weighted by Crippen LogP contribution is 2.47. The molecule has 2 rings (SSSR count). The van der Waals surface area contributed by atoms with Gasteiger partial charge in [0.15, 0.2) is 0 Å². The molecule has 2 atom stereocenters. The van der Waals surface area contributed by atoms with E-state index in [0.717, 1.165) is 25.7 Å². The molecule has 1 saturated carbocycles. The molecule has 3 N–H and O–H groups in total. The molecular formula is C13H22N2O3. The van der Waals surface area contributed by atoms with E-state index >= 15 is 0 Å². The number of aliphatic hydroxyl groups is 1. The SMILES string of the molecule is CC1CCC2(CC1)CN([C@H](C(N)=O)[C@@H](C)O)C2=O. The molecule has 5 heteroatoms. The normalized spacial score (nSPS) is 35.2. The zero-order valence-corrected chi connectivity index (χ0v) is 11.1. The summed E-state index contributed by atoms with van der Waals surface area (Å²) >= 11 is 0. The van der Waals surface area contributed by atoms with Gasteiger partial charge in [-0.3, -0.25) is 9.59 Å². The van der Waals surface area contributed by atoms with Crippen LogP contribution in [-0.4, -0.2) is 40.5 Å². The summed E-state index contributed by atoms with van der Waals surface area (Å²) in [6.45, 7) is 4.27. The molecule has 0 unspecified atom stereocenters. The Morgan fingerprint density at radius 1 is 1.50 bits per heavy atom. The Morgan fingerprint density at radius 2 is 2.06 bits per heavy atom. The summed E-state index contributed by atoms with van der Waals surface area (Å²) in [5.41, 5.74) is 4.99. The van der Waals surface area contributed by atoms with Crippen LogP contribution >= 0.6 is 0 Å². The Kier molecular flexibility index (Phi) is 3.36. The van der Waals surface area contributed by atoms with E-state index in [1.807, 2.05) is 0 Å². The van der Waals surface area contributed by atoms with Gasteiger partial charge in [-0.05, 0) is 38.5 Å². The monoisotopic (exact) mass is 254 g/mol. The average molecular weight is 254 g/mol. The van der Waals surface area contributed by atoms with E-state index in [1.165, 1.54) is 11.8 Å².